The highest BCUT2D eigenvalue weighted by Gasteiger charge is 2.15. The van der Waals surface area contributed by atoms with Gasteiger partial charge < -0.3 is 5.32 Å². The summed E-state index contributed by atoms with van der Waals surface area (Å²) in [6.45, 7) is 1.81. The largest absolute Gasteiger partial charge is 0.306 e. The topological polar surface area (TPSA) is 64.2 Å². The van der Waals surface area contributed by atoms with Gasteiger partial charge in [-0.3, -0.25) is 0 Å². The van der Waals surface area contributed by atoms with Gasteiger partial charge in [-0.1, -0.05) is 11.3 Å². The summed E-state index contributed by atoms with van der Waals surface area (Å²) in [5.41, 5.74) is 1.44. The van der Waals surface area contributed by atoms with Crippen LogP contribution in [0.25, 0.3) is 0 Å². The summed E-state index contributed by atoms with van der Waals surface area (Å²) in [6.07, 6.45) is 0. The quantitative estimate of drug-likeness (QED) is 0.685. The molecule has 3 nitrogen and oxygen atoms in total. The van der Waals surface area contributed by atoms with E-state index in [0.717, 1.165) is 10.6 Å². The third kappa shape index (κ3) is 1.18. The van der Waals surface area contributed by atoms with E-state index in [-0.39, 0.29) is 0 Å². The van der Waals surface area contributed by atoms with Gasteiger partial charge in [-0.05, 0) is 6.92 Å². The van der Waals surface area contributed by atoms with Gasteiger partial charge in [0.1, 0.15) is 22.6 Å². The van der Waals surface area contributed by atoms with Gasteiger partial charge in [0.15, 0.2) is 0 Å². The van der Waals surface area contributed by atoms with Crippen LogP contribution in [0.15, 0.2) is 0 Å². The molecule has 1 heterocycles. The maximum Gasteiger partial charge on any atom is 0.204 e. The van der Waals surface area contributed by atoms with Gasteiger partial charge in [0, 0.05) is 5.56 Å². The van der Waals surface area contributed by atoms with E-state index in [1.165, 1.54) is 11.3 Å². The van der Waals surface area contributed by atoms with Crippen LogP contribution in [0.2, 0.25) is 0 Å². The zero-order valence-electron chi connectivity index (χ0n) is 6.88. The van der Waals surface area contributed by atoms with Crippen LogP contribution < -0.4 is 5.32 Å². The van der Waals surface area contributed by atoms with Gasteiger partial charge in [-0.2, -0.15) is 10.5 Å². The molecule has 4 heteroatoms. The van der Waals surface area contributed by atoms with Crippen LogP contribution in [-0.2, 0) is 0 Å². The molecule has 0 radical (unpaired) electrons. The van der Waals surface area contributed by atoms with Crippen molar-refractivity contribution in [1.82, 2.24) is 0 Å². The fourth-order valence-electron chi connectivity index (χ4n) is 0.985. The van der Waals surface area contributed by atoms with E-state index in [9.17, 15) is 0 Å². The van der Waals surface area contributed by atoms with Crippen molar-refractivity contribution in [2.24, 2.45) is 0 Å². The van der Waals surface area contributed by atoms with Crippen LogP contribution in [0.4, 0.5) is 5.00 Å². The number of thiophene rings is 1. The molecule has 0 fully saturated rings. The third-order valence-electron chi connectivity index (χ3n) is 1.65. The van der Waals surface area contributed by atoms with E-state index in [1.807, 2.05) is 12.4 Å². The molecule has 0 atom stereocenters. The van der Waals surface area contributed by atoms with Gasteiger partial charge in [0.05, 0.1) is 7.05 Å². The average molecular weight is 178 g/mol. The lowest BCUT2D eigenvalue weighted by molar-refractivity contribution is -0.535. The summed E-state index contributed by atoms with van der Waals surface area (Å²) in [4.78, 5) is 0.639. The number of quaternary nitrogens is 1. The number of rotatable bonds is 1. The summed E-state index contributed by atoms with van der Waals surface area (Å²) in [7, 11) is 1.87. The summed E-state index contributed by atoms with van der Waals surface area (Å²) >= 11 is 1.37. The predicted octanol–water partition coefficient (Wildman–Crippen LogP) is 0.625. The molecule has 1 aromatic rings. The van der Waals surface area contributed by atoms with Crippen LogP contribution in [-0.4, -0.2) is 7.05 Å². The van der Waals surface area contributed by atoms with Gasteiger partial charge in [0.25, 0.3) is 0 Å². The Morgan fingerprint density at radius 2 is 2.00 bits per heavy atom. The van der Waals surface area contributed by atoms with Gasteiger partial charge in [-0.25, -0.2) is 0 Å². The van der Waals surface area contributed by atoms with Crippen LogP contribution in [0.5, 0.6) is 0 Å². The van der Waals surface area contributed by atoms with E-state index >= 15 is 0 Å². The summed E-state index contributed by atoms with van der Waals surface area (Å²) in [5, 5.41) is 20.2. The maximum atomic E-state index is 8.77. The molecule has 1 aromatic heterocycles. The molecular formula is C8H8N3S+. The van der Waals surface area contributed by atoms with Crippen LogP contribution in [0.3, 0.4) is 0 Å². The number of hydrogen-bond donors (Lipinski definition) is 1. The maximum absolute atomic E-state index is 8.77. The second kappa shape index (κ2) is 3.36. The van der Waals surface area contributed by atoms with Gasteiger partial charge in [0.2, 0.25) is 5.00 Å². The second-order valence-electron chi connectivity index (χ2n) is 2.31. The molecule has 1 rings (SSSR count). The molecule has 2 N–H and O–H groups in total. The molecule has 0 bridgehead atoms. The Bertz CT molecular complexity index is 378. The minimum Gasteiger partial charge on any atom is -0.306 e. The van der Waals surface area contributed by atoms with Crippen molar-refractivity contribution in [3.63, 3.8) is 0 Å². The Kier molecular flexibility index (Phi) is 2.44. The van der Waals surface area contributed by atoms with Crippen molar-refractivity contribution >= 4 is 16.3 Å². The lowest BCUT2D eigenvalue weighted by atomic mass is 10.2. The van der Waals surface area contributed by atoms with Crippen molar-refractivity contribution in [3.05, 3.63) is 16.0 Å². The fraction of sp³-hybridized carbons (Fsp3) is 0.250. The zero-order chi connectivity index (χ0) is 9.14. The lowest BCUT2D eigenvalue weighted by Gasteiger charge is -1.86. The number of nitriles is 2. The third-order valence-corrected chi connectivity index (χ3v) is 2.91. The molecule has 60 valence electrons. The Morgan fingerprint density at radius 3 is 2.33 bits per heavy atom. The SMILES string of the molecule is C[NH2+]c1sc(C#N)c(C)c1C#N. The Hall–Kier alpha value is -1.36. The summed E-state index contributed by atoms with van der Waals surface area (Å²) < 4.78 is 0. The highest BCUT2D eigenvalue weighted by atomic mass is 32.1. The van der Waals surface area contributed by atoms with Gasteiger partial charge in [-0.15, -0.1) is 0 Å². The Labute approximate surface area is 74.9 Å². The minimum absolute atomic E-state index is 0.638. The predicted molar refractivity (Wildman–Crippen MR) is 46.0 cm³/mol. The fourth-order valence-corrected chi connectivity index (χ4v) is 1.92. The molecule has 0 unspecified atom stereocenters. The zero-order valence-corrected chi connectivity index (χ0v) is 7.70. The van der Waals surface area contributed by atoms with Crippen molar-refractivity contribution in [2.45, 2.75) is 6.92 Å². The smallest absolute Gasteiger partial charge is 0.204 e. The van der Waals surface area contributed by atoms with Crippen LogP contribution >= 0.6 is 11.3 Å². The molecular weight excluding hydrogens is 170 g/mol. The van der Waals surface area contributed by atoms with E-state index < -0.39 is 0 Å². The average Bonchev–Trinajstić information content (AvgIpc) is 2.41. The summed E-state index contributed by atoms with van der Waals surface area (Å²) in [6, 6.07) is 4.17. The monoisotopic (exact) mass is 178 g/mol. The van der Waals surface area contributed by atoms with E-state index in [4.69, 9.17) is 10.5 Å². The standard InChI is InChI=1S/C8H7N3S/c1-5-6(3-9)8(11-2)12-7(5)4-10/h11H,1-2H3/p+1. The number of nitrogens with zero attached hydrogens (tertiary/aromatic N) is 2. The molecule has 0 aromatic carbocycles. The van der Waals surface area contributed by atoms with Crippen molar-refractivity contribution in [2.75, 3.05) is 7.05 Å². The first-order valence-corrected chi connectivity index (χ1v) is 4.29. The normalized spacial score (nSPS) is 9.00. The van der Waals surface area contributed by atoms with Crippen molar-refractivity contribution in [1.29, 1.82) is 10.5 Å². The first-order valence-electron chi connectivity index (χ1n) is 3.47. The lowest BCUT2D eigenvalue weighted by Crippen LogP contribution is -2.72. The molecule has 0 saturated carbocycles. The highest BCUT2D eigenvalue weighted by Crippen LogP contribution is 2.27. The Balaban J connectivity index is 3.37. The Morgan fingerprint density at radius 1 is 1.33 bits per heavy atom. The van der Waals surface area contributed by atoms with E-state index in [1.54, 1.807) is 6.92 Å². The molecule has 0 aliphatic carbocycles. The minimum atomic E-state index is 0.638. The van der Waals surface area contributed by atoms with E-state index in [0.29, 0.717) is 10.4 Å². The van der Waals surface area contributed by atoms with Crippen LogP contribution in [0, 0.1) is 29.6 Å². The summed E-state index contributed by atoms with van der Waals surface area (Å²) in [5.74, 6) is 0. The van der Waals surface area contributed by atoms with Crippen molar-refractivity contribution < 1.29 is 5.32 Å². The molecule has 0 saturated heterocycles. The first-order chi connectivity index (χ1) is 5.74. The molecule has 0 amide bonds. The second-order valence-corrected chi connectivity index (χ2v) is 3.36. The van der Waals surface area contributed by atoms with E-state index in [2.05, 4.69) is 12.1 Å². The molecule has 0 spiro atoms. The molecule has 0 aliphatic rings. The first kappa shape index (κ1) is 8.73. The number of nitrogens with two attached hydrogens (primary N) is 1. The molecule has 12 heavy (non-hydrogen) atoms. The highest BCUT2D eigenvalue weighted by molar-refractivity contribution is 7.16. The molecule has 0 aliphatic heterocycles. The van der Waals surface area contributed by atoms with Crippen LogP contribution in [0.1, 0.15) is 16.0 Å². The van der Waals surface area contributed by atoms with Gasteiger partial charge >= 0.3 is 0 Å². The van der Waals surface area contributed by atoms with Crippen molar-refractivity contribution in [3.8, 4) is 12.1 Å². The number of hydrogen-bond acceptors (Lipinski definition) is 3.